The van der Waals surface area contributed by atoms with Gasteiger partial charge in [-0.25, -0.2) is 9.97 Å². The smallest absolute Gasteiger partial charge is 0.140 e. The Morgan fingerprint density at radius 2 is 2.19 bits per heavy atom. The van der Waals surface area contributed by atoms with Gasteiger partial charge in [0.1, 0.15) is 16.7 Å². The van der Waals surface area contributed by atoms with Crippen LogP contribution >= 0.6 is 11.6 Å². The fourth-order valence-corrected chi connectivity index (χ4v) is 1.74. The van der Waals surface area contributed by atoms with Gasteiger partial charge in [-0.1, -0.05) is 11.6 Å². The van der Waals surface area contributed by atoms with E-state index in [2.05, 4.69) is 9.97 Å². The van der Waals surface area contributed by atoms with E-state index in [4.69, 9.17) is 22.1 Å². The normalized spacial score (nSPS) is 10.7. The molecule has 2 N–H and O–H groups in total. The highest BCUT2D eigenvalue weighted by Crippen LogP contribution is 2.24. The van der Waals surface area contributed by atoms with Gasteiger partial charge in [-0.15, -0.1) is 0 Å². The van der Waals surface area contributed by atoms with Crippen LogP contribution in [-0.2, 0) is 6.42 Å². The van der Waals surface area contributed by atoms with Crippen LogP contribution in [0.15, 0.2) is 18.2 Å². The second-order valence-electron chi connectivity index (χ2n) is 3.35. The molecule has 16 heavy (non-hydrogen) atoms. The molecule has 0 radical (unpaired) electrons. The van der Waals surface area contributed by atoms with E-state index in [-0.39, 0.29) is 0 Å². The van der Waals surface area contributed by atoms with Gasteiger partial charge < -0.3 is 10.5 Å². The van der Waals surface area contributed by atoms with Crippen molar-refractivity contribution in [1.82, 2.24) is 9.97 Å². The fraction of sp³-hybridized carbons (Fsp3) is 0.273. The molecule has 1 aromatic heterocycles. The second kappa shape index (κ2) is 4.63. The van der Waals surface area contributed by atoms with E-state index in [1.165, 1.54) is 0 Å². The number of halogens is 1. The summed E-state index contributed by atoms with van der Waals surface area (Å²) in [4.78, 5) is 8.56. The summed E-state index contributed by atoms with van der Waals surface area (Å²) in [5.74, 6) is 1.41. The zero-order valence-corrected chi connectivity index (χ0v) is 9.66. The second-order valence-corrected chi connectivity index (χ2v) is 3.71. The molecule has 0 amide bonds. The van der Waals surface area contributed by atoms with E-state index in [1.807, 2.05) is 18.2 Å². The highest BCUT2D eigenvalue weighted by Gasteiger charge is 2.06. The van der Waals surface area contributed by atoms with Crippen LogP contribution in [0.3, 0.4) is 0 Å². The highest BCUT2D eigenvalue weighted by molar-refractivity contribution is 6.34. The van der Waals surface area contributed by atoms with Gasteiger partial charge in [0, 0.05) is 17.9 Å². The van der Waals surface area contributed by atoms with Crippen LogP contribution in [0, 0.1) is 0 Å². The van der Waals surface area contributed by atoms with E-state index in [9.17, 15) is 0 Å². The SMILES string of the molecule is COc1ccc2c(Cl)nc(CCN)nc2c1. The Balaban J connectivity index is 2.58. The van der Waals surface area contributed by atoms with Gasteiger partial charge in [-0.3, -0.25) is 0 Å². The van der Waals surface area contributed by atoms with Crippen LogP contribution in [0.1, 0.15) is 5.82 Å². The minimum Gasteiger partial charge on any atom is -0.497 e. The van der Waals surface area contributed by atoms with Gasteiger partial charge in [-0.05, 0) is 18.7 Å². The van der Waals surface area contributed by atoms with E-state index in [0.29, 0.717) is 23.9 Å². The van der Waals surface area contributed by atoms with E-state index >= 15 is 0 Å². The van der Waals surface area contributed by atoms with Gasteiger partial charge in [0.15, 0.2) is 0 Å². The third-order valence-electron chi connectivity index (χ3n) is 2.27. The molecule has 0 spiro atoms. The first-order valence-electron chi connectivity index (χ1n) is 4.95. The van der Waals surface area contributed by atoms with E-state index in [0.717, 1.165) is 16.7 Å². The Morgan fingerprint density at radius 1 is 1.38 bits per heavy atom. The molecule has 1 aromatic carbocycles. The zero-order chi connectivity index (χ0) is 11.5. The molecule has 4 nitrogen and oxygen atoms in total. The summed E-state index contributed by atoms with van der Waals surface area (Å²) in [6.07, 6.45) is 0.618. The third-order valence-corrected chi connectivity index (χ3v) is 2.56. The molecule has 0 atom stereocenters. The quantitative estimate of drug-likeness (QED) is 0.827. The highest BCUT2D eigenvalue weighted by atomic mass is 35.5. The molecule has 0 unspecified atom stereocenters. The molecule has 5 heteroatoms. The summed E-state index contributed by atoms with van der Waals surface area (Å²) in [6, 6.07) is 5.52. The van der Waals surface area contributed by atoms with Crippen molar-refractivity contribution in [1.29, 1.82) is 0 Å². The summed E-state index contributed by atoms with van der Waals surface area (Å²) in [5, 5.41) is 1.28. The lowest BCUT2D eigenvalue weighted by atomic mass is 10.2. The summed E-state index contributed by atoms with van der Waals surface area (Å²) in [6.45, 7) is 0.506. The molecule has 0 aliphatic heterocycles. The van der Waals surface area contributed by atoms with Crippen LogP contribution in [-0.4, -0.2) is 23.6 Å². The van der Waals surface area contributed by atoms with Crippen molar-refractivity contribution >= 4 is 22.5 Å². The van der Waals surface area contributed by atoms with Crippen LogP contribution in [0.25, 0.3) is 10.9 Å². The molecule has 0 saturated carbocycles. The maximum Gasteiger partial charge on any atom is 0.140 e. The lowest BCUT2D eigenvalue weighted by Crippen LogP contribution is -2.06. The number of hydrogen-bond acceptors (Lipinski definition) is 4. The van der Waals surface area contributed by atoms with Crippen molar-refractivity contribution in [2.24, 2.45) is 5.73 Å². The van der Waals surface area contributed by atoms with Gasteiger partial charge in [0.05, 0.1) is 12.6 Å². The molecule has 0 aliphatic carbocycles. The number of rotatable bonds is 3. The minimum atomic E-state index is 0.455. The molecule has 0 saturated heterocycles. The Bertz CT molecular complexity index is 516. The standard InChI is InChI=1S/C11H12ClN3O/c1-16-7-2-3-8-9(6-7)14-10(4-5-13)15-11(8)12/h2-3,6H,4-5,13H2,1H3. The van der Waals surface area contributed by atoms with Crippen LogP contribution in [0.2, 0.25) is 5.15 Å². The van der Waals surface area contributed by atoms with Crippen molar-refractivity contribution in [3.8, 4) is 5.75 Å². The Labute approximate surface area is 98.4 Å². The van der Waals surface area contributed by atoms with Crippen LogP contribution in [0.5, 0.6) is 5.75 Å². The van der Waals surface area contributed by atoms with Crippen molar-refractivity contribution in [2.45, 2.75) is 6.42 Å². The average Bonchev–Trinajstić information content (AvgIpc) is 2.28. The molecular formula is C11H12ClN3O. The first-order valence-corrected chi connectivity index (χ1v) is 5.32. The number of nitrogens with two attached hydrogens (primary N) is 1. The fourth-order valence-electron chi connectivity index (χ4n) is 1.48. The Morgan fingerprint density at radius 3 is 2.88 bits per heavy atom. The van der Waals surface area contributed by atoms with Gasteiger partial charge in [0.25, 0.3) is 0 Å². The van der Waals surface area contributed by atoms with Crippen molar-refractivity contribution < 1.29 is 4.74 Å². The molecule has 0 aliphatic rings. The predicted molar refractivity (Wildman–Crippen MR) is 63.9 cm³/mol. The third kappa shape index (κ3) is 2.08. The minimum absolute atomic E-state index is 0.455. The van der Waals surface area contributed by atoms with Gasteiger partial charge >= 0.3 is 0 Å². The number of benzene rings is 1. The molecule has 2 rings (SSSR count). The van der Waals surface area contributed by atoms with Crippen molar-refractivity contribution in [3.63, 3.8) is 0 Å². The average molecular weight is 238 g/mol. The number of methoxy groups -OCH3 is 1. The molecule has 0 fully saturated rings. The van der Waals surface area contributed by atoms with Crippen LogP contribution < -0.4 is 10.5 Å². The van der Waals surface area contributed by atoms with Gasteiger partial charge in [0.2, 0.25) is 0 Å². The first-order chi connectivity index (χ1) is 7.74. The zero-order valence-electron chi connectivity index (χ0n) is 8.90. The van der Waals surface area contributed by atoms with Crippen molar-refractivity contribution in [2.75, 3.05) is 13.7 Å². The van der Waals surface area contributed by atoms with E-state index < -0.39 is 0 Å². The first kappa shape index (κ1) is 11.1. The molecule has 84 valence electrons. The number of ether oxygens (including phenoxy) is 1. The maximum absolute atomic E-state index is 6.06. The summed E-state index contributed by atoms with van der Waals surface area (Å²) < 4.78 is 5.13. The molecule has 0 bridgehead atoms. The Kier molecular flexibility index (Phi) is 3.22. The van der Waals surface area contributed by atoms with E-state index in [1.54, 1.807) is 7.11 Å². The summed E-state index contributed by atoms with van der Waals surface area (Å²) in [5.41, 5.74) is 6.24. The topological polar surface area (TPSA) is 61.0 Å². The number of hydrogen-bond donors (Lipinski definition) is 1. The Hall–Kier alpha value is -1.39. The summed E-state index contributed by atoms with van der Waals surface area (Å²) >= 11 is 6.06. The predicted octanol–water partition coefficient (Wildman–Crippen LogP) is 1.79. The largest absolute Gasteiger partial charge is 0.497 e. The summed E-state index contributed by atoms with van der Waals surface area (Å²) in [7, 11) is 1.62. The lowest BCUT2D eigenvalue weighted by molar-refractivity contribution is 0.415. The maximum atomic E-state index is 6.06. The number of fused-ring (bicyclic) bond motifs is 1. The number of nitrogens with zero attached hydrogens (tertiary/aromatic N) is 2. The monoisotopic (exact) mass is 237 g/mol. The number of aromatic nitrogens is 2. The van der Waals surface area contributed by atoms with Crippen molar-refractivity contribution in [3.05, 3.63) is 29.2 Å². The van der Waals surface area contributed by atoms with Gasteiger partial charge in [-0.2, -0.15) is 0 Å². The molecular weight excluding hydrogens is 226 g/mol. The lowest BCUT2D eigenvalue weighted by Gasteiger charge is -2.05. The van der Waals surface area contributed by atoms with Crippen LogP contribution in [0.4, 0.5) is 0 Å². The molecule has 1 heterocycles. The molecule has 2 aromatic rings.